The molecule has 0 N–H and O–H groups in total. The molecule has 0 aliphatic heterocycles. The topological polar surface area (TPSA) is 0 Å². The van der Waals surface area contributed by atoms with E-state index in [1.807, 2.05) is 0 Å². The van der Waals surface area contributed by atoms with E-state index in [1.165, 1.54) is 44.9 Å². The van der Waals surface area contributed by atoms with Crippen LogP contribution < -0.4 is 0 Å². The maximum absolute atomic E-state index is 2.62. The van der Waals surface area contributed by atoms with Crippen LogP contribution in [0.4, 0.5) is 0 Å². The number of rotatable bonds is 2. The van der Waals surface area contributed by atoms with Crippen molar-refractivity contribution in [2.75, 3.05) is 0 Å². The minimum atomic E-state index is 0.376. The average Bonchev–Trinajstić information content (AvgIpc) is 2.37. The van der Waals surface area contributed by atoms with E-state index in [1.54, 1.807) is 0 Å². The molecule has 2 aliphatic rings. The van der Waals surface area contributed by atoms with Crippen LogP contribution >= 0.6 is 0 Å². The monoisotopic (exact) mass is 292 g/mol. The van der Waals surface area contributed by atoms with Crippen molar-refractivity contribution in [3.63, 3.8) is 0 Å². The van der Waals surface area contributed by atoms with Crippen molar-refractivity contribution in [3.8, 4) is 0 Å². The third-order valence-electron chi connectivity index (χ3n) is 9.13. The van der Waals surface area contributed by atoms with Gasteiger partial charge < -0.3 is 0 Å². The molecule has 0 bridgehead atoms. The minimum Gasteiger partial charge on any atom is -0.0620 e. The number of hydrogen-bond acceptors (Lipinski definition) is 0. The summed E-state index contributed by atoms with van der Waals surface area (Å²) >= 11 is 0. The largest absolute Gasteiger partial charge is 0.0620 e. The van der Waals surface area contributed by atoms with Gasteiger partial charge in [-0.25, -0.2) is 0 Å². The SMILES string of the molecule is CC1CC(C)(CC2CCCCC2)C(C)(C)C(C)(C)C1(C)C. The van der Waals surface area contributed by atoms with Crippen molar-refractivity contribution in [1.82, 2.24) is 0 Å². The molecule has 0 saturated heterocycles. The Morgan fingerprint density at radius 2 is 1.29 bits per heavy atom. The Morgan fingerprint density at radius 1 is 0.762 bits per heavy atom. The van der Waals surface area contributed by atoms with Gasteiger partial charge in [-0.1, -0.05) is 87.5 Å². The molecular formula is C21H40. The Labute approximate surface area is 134 Å². The predicted octanol–water partition coefficient (Wildman–Crippen LogP) is 7.08. The molecule has 0 heteroatoms. The highest BCUT2D eigenvalue weighted by Crippen LogP contribution is 2.69. The highest BCUT2D eigenvalue weighted by molar-refractivity contribution is 5.10. The van der Waals surface area contributed by atoms with Gasteiger partial charge in [0.15, 0.2) is 0 Å². The van der Waals surface area contributed by atoms with E-state index in [0.717, 1.165) is 11.8 Å². The van der Waals surface area contributed by atoms with Crippen LogP contribution in [0.5, 0.6) is 0 Å². The van der Waals surface area contributed by atoms with Crippen molar-refractivity contribution in [3.05, 3.63) is 0 Å². The zero-order valence-electron chi connectivity index (χ0n) is 16.1. The van der Waals surface area contributed by atoms with Gasteiger partial charge in [0.05, 0.1) is 0 Å². The Hall–Kier alpha value is 0. The fourth-order valence-corrected chi connectivity index (χ4v) is 5.73. The van der Waals surface area contributed by atoms with Crippen LogP contribution in [0.3, 0.4) is 0 Å². The van der Waals surface area contributed by atoms with Gasteiger partial charge in [-0.15, -0.1) is 0 Å². The molecule has 0 aromatic carbocycles. The summed E-state index contributed by atoms with van der Waals surface area (Å²) < 4.78 is 0. The first-order valence-corrected chi connectivity index (χ1v) is 9.46. The van der Waals surface area contributed by atoms with Crippen LogP contribution in [0, 0.1) is 33.5 Å². The molecule has 2 rings (SSSR count). The zero-order valence-corrected chi connectivity index (χ0v) is 16.1. The van der Waals surface area contributed by atoms with Crippen LogP contribution in [-0.2, 0) is 0 Å². The molecule has 0 nitrogen and oxygen atoms in total. The van der Waals surface area contributed by atoms with E-state index in [9.17, 15) is 0 Å². The maximum atomic E-state index is 2.62. The van der Waals surface area contributed by atoms with Crippen LogP contribution in [0.25, 0.3) is 0 Å². The Morgan fingerprint density at radius 3 is 1.81 bits per heavy atom. The van der Waals surface area contributed by atoms with Crippen molar-refractivity contribution in [1.29, 1.82) is 0 Å². The van der Waals surface area contributed by atoms with E-state index in [-0.39, 0.29) is 0 Å². The Bertz CT molecular complexity index is 367. The smallest absolute Gasteiger partial charge is 0.0244 e. The van der Waals surface area contributed by atoms with Crippen LogP contribution in [0.2, 0.25) is 0 Å². The lowest BCUT2D eigenvalue weighted by atomic mass is 9.37. The molecule has 0 amide bonds. The lowest BCUT2D eigenvalue weighted by Gasteiger charge is -2.67. The predicted molar refractivity (Wildman–Crippen MR) is 94.4 cm³/mol. The van der Waals surface area contributed by atoms with Crippen LogP contribution in [-0.4, -0.2) is 0 Å². The molecule has 2 atom stereocenters. The van der Waals surface area contributed by atoms with Crippen LogP contribution in [0.1, 0.15) is 100 Å². The number of hydrogen-bond donors (Lipinski definition) is 0. The van der Waals surface area contributed by atoms with Gasteiger partial charge in [0.25, 0.3) is 0 Å². The van der Waals surface area contributed by atoms with Gasteiger partial charge in [0, 0.05) is 0 Å². The second kappa shape index (κ2) is 5.27. The molecule has 2 saturated carbocycles. The molecule has 2 fully saturated rings. The van der Waals surface area contributed by atoms with E-state index < -0.39 is 0 Å². The summed E-state index contributed by atoms with van der Waals surface area (Å²) in [5.41, 5.74) is 1.69. The highest BCUT2D eigenvalue weighted by Gasteiger charge is 2.62. The first-order valence-electron chi connectivity index (χ1n) is 9.46. The van der Waals surface area contributed by atoms with Gasteiger partial charge in [0.2, 0.25) is 0 Å². The van der Waals surface area contributed by atoms with E-state index in [2.05, 4.69) is 55.4 Å². The third-order valence-corrected chi connectivity index (χ3v) is 9.13. The van der Waals surface area contributed by atoms with E-state index >= 15 is 0 Å². The van der Waals surface area contributed by atoms with Gasteiger partial charge in [-0.2, -0.15) is 0 Å². The average molecular weight is 293 g/mol. The van der Waals surface area contributed by atoms with E-state index in [0.29, 0.717) is 21.7 Å². The summed E-state index contributed by atoms with van der Waals surface area (Å²) in [6, 6.07) is 0. The molecule has 124 valence electrons. The van der Waals surface area contributed by atoms with Crippen molar-refractivity contribution in [2.45, 2.75) is 100 Å². The molecule has 0 heterocycles. The van der Waals surface area contributed by atoms with Crippen molar-refractivity contribution >= 4 is 0 Å². The first-order chi connectivity index (χ1) is 9.46. The van der Waals surface area contributed by atoms with Crippen molar-refractivity contribution in [2.24, 2.45) is 33.5 Å². The second-order valence-corrected chi connectivity index (χ2v) is 10.3. The van der Waals surface area contributed by atoms with Crippen LogP contribution in [0.15, 0.2) is 0 Å². The molecule has 2 aliphatic carbocycles. The summed E-state index contributed by atoms with van der Waals surface area (Å²) in [7, 11) is 0. The summed E-state index contributed by atoms with van der Waals surface area (Å²) in [4.78, 5) is 0. The summed E-state index contributed by atoms with van der Waals surface area (Å²) in [6.07, 6.45) is 10.3. The van der Waals surface area contributed by atoms with Gasteiger partial charge in [-0.3, -0.25) is 0 Å². The van der Waals surface area contributed by atoms with Gasteiger partial charge in [-0.05, 0) is 46.3 Å². The molecule has 0 radical (unpaired) electrons. The summed E-state index contributed by atoms with van der Waals surface area (Å²) in [6.45, 7) is 20.4. The Balaban J connectivity index is 2.29. The molecule has 0 aromatic heterocycles. The second-order valence-electron chi connectivity index (χ2n) is 10.3. The van der Waals surface area contributed by atoms with E-state index in [4.69, 9.17) is 0 Å². The quantitative estimate of drug-likeness (QED) is 0.510. The normalized spacial score (nSPS) is 39.1. The first kappa shape index (κ1) is 17.4. The summed E-state index contributed by atoms with van der Waals surface area (Å²) in [5.74, 6) is 1.81. The highest BCUT2D eigenvalue weighted by atomic mass is 14.7. The standard InChI is InChI=1S/C21H40/c1-16-14-21(8,15-17-12-10-9-11-13-17)20(6,7)19(4,5)18(16,2)3/h16-17H,9-15H2,1-8H3. The summed E-state index contributed by atoms with van der Waals surface area (Å²) in [5, 5.41) is 0. The lowest BCUT2D eigenvalue weighted by molar-refractivity contribution is -0.186. The fourth-order valence-electron chi connectivity index (χ4n) is 5.73. The molecule has 21 heavy (non-hydrogen) atoms. The lowest BCUT2D eigenvalue weighted by Crippen LogP contribution is -2.60. The van der Waals surface area contributed by atoms with Gasteiger partial charge >= 0.3 is 0 Å². The minimum absolute atomic E-state index is 0.376. The molecule has 0 spiro atoms. The fraction of sp³-hybridized carbons (Fsp3) is 1.00. The Kier molecular flexibility index (Phi) is 4.36. The molecular weight excluding hydrogens is 252 g/mol. The third kappa shape index (κ3) is 2.49. The zero-order chi connectivity index (χ0) is 16.1. The molecule has 2 unspecified atom stereocenters. The van der Waals surface area contributed by atoms with Crippen molar-refractivity contribution < 1.29 is 0 Å². The van der Waals surface area contributed by atoms with Gasteiger partial charge in [0.1, 0.15) is 0 Å². The maximum Gasteiger partial charge on any atom is -0.0244 e. The molecule has 0 aromatic rings.